The summed E-state index contributed by atoms with van der Waals surface area (Å²) in [6.45, 7) is 9.40. The highest BCUT2D eigenvalue weighted by molar-refractivity contribution is 6.91. The molecule has 0 saturated carbocycles. The molecule has 0 bridgehead atoms. The van der Waals surface area contributed by atoms with Gasteiger partial charge in [0.1, 0.15) is 7.05 Å². The van der Waals surface area contributed by atoms with Gasteiger partial charge in [-0.3, -0.25) is 0 Å². The third-order valence-electron chi connectivity index (χ3n) is 6.97. The van der Waals surface area contributed by atoms with Crippen molar-refractivity contribution in [3.8, 4) is 11.3 Å². The van der Waals surface area contributed by atoms with Crippen molar-refractivity contribution in [2.45, 2.75) is 64.6 Å². The summed E-state index contributed by atoms with van der Waals surface area (Å²) in [6.07, 6.45) is 6.53. The number of rotatable bonds is 3. The number of hydrogen-bond acceptors (Lipinski definition) is 0. The van der Waals surface area contributed by atoms with Crippen molar-refractivity contribution in [1.29, 1.82) is 0 Å². The first kappa shape index (κ1) is 19.4. The van der Waals surface area contributed by atoms with Crippen LogP contribution in [-0.2, 0) is 7.05 Å². The second-order valence-corrected chi connectivity index (χ2v) is 14.1. The Morgan fingerprint density at radius 1 is 0.929 bits per heavy atom. The average Bonchev–Trinajstić information content (AvgIpc) is 2.69. The van der Waals surface area contributed by atoms with E-state index in [0.717, 1.165) is 0 Å². The van der Waals surface area contributed by atoms with Gasteiger partial charge in [-0.15, -0.1) is 0 Å². The zero-order chi connectivity index (χ0) is 19.9. The van der Waals surface area contributed by atoms with Crippen LogP contribution in [0, 0.1) is 6.92 Å². The molecule has 28 heavy (non-hydrogen) atoms. The standard InChI is InChI=1S/C26H34NSi/c1-19(2)21-10-9-20(3)25(18-21)26-24-12-11-23(17-22(24)13-14-27(26)4)28(5)15-7-6-8-16-28/h9-14,17-19H,6-8,15-16H2,1-5H3/q+1. The predicted octanol–water partition coefficient (Wildman–Crippen LogP) is 6.23. The van der Waals surface area contributed by atoms with Crippen LogP contribution < -0.4 is 9.75 Å². The van der Waals surface area contributed by atoms with E-state index in [0.29, 0.717) is 5.92 Å². The van der Waals surface area contributed by atoms with E-state index in [2.05, 4.69) is 87.6 Å². The molecule has 1 aromatic heterocycles. The van der Waals surface area contributed by atoms with Gasteiger partial charge in [-0.25, -0.2) is 4.57 Å². The summed E-state index contributed by atoms with van der Waals surface area (Å²) in [5.74, 6) is 0.545. The molecule has 4 rings (SSSR count). The first-order chi connectivity index (χ1) is 13.4. The second-order valence-electron chi connectivity index (χ2n) is 9.43. The Kier molecular flexibility index (Phi) is 5.18. The smallest absolute Gasteiger partial charge is 0.200 e. The Labute approximate surface area is 171 Å². The van der Waals surface area contributed by atoms with Crippen LogP contribution >= 0.6 is 0 Å². The first-order valence-corrected chi connectivity index (χ1v) is 13.8. The monoisotopic (exact) mass is 388 g/mol. The van der Waals surface area contributed by atoms with Crippen molar-refractivity contribution in [3.63, 3.8) is 0 Å². The summed E-state index contributed by atoms with van der Waals surface area (Å²) in [6, 6.07) is 19.6. The minimum absolute atomic E-state index is 0.545. The molecule has 2 heterocycles. The Hall–Kier alpha value is -1.93. The maximum Gasteiger partial charge on any atom is 0.220 e. The second kappa shape index (κ2) is 7.48. The largest absolute Gasteiger partial charge is 0.220 e. The summed E-state index contributed by atoms with van der Waals surface area (Å²) in [7, 11) is 0.900. The lowest BCUT2D eigenvalue weighted by Gasteiger charge is -2.32. The summed E-state index contributed by atoms with van der Waals surface area (Å²) in [5, 5.41) is 4.44. The molecule has 1 nitrogen and oxygen atoms in total. The Morgan fingerprint density at radius 3 is 2.39 bits per heavy atom. The maximum atomic E-state index is 2.60. The number of pyridine rings is 1. The van der Waals surface area contributed by atoms with Gasteiger partial charge < -0.3 is 0 Å². The summed E-state index contributed by atoms with van der Waals surface area (Å²) >= 11 is 0. The molecule has 2 heteroatoms. The SMILES string of the molecule is Cc1ccc(C(C)C)cc1-c1c2ccc([Si]3(C)CCCCC3)cc2cc[n+]1C. The highest BCUT2D eigenvalue weighted by Crippen LogP contribution is 2.32. The Bertz CT molecular complexity index is 1010. The fourth-order valence-electron chi connectivity index (χ4n) is 4.96. The van der Waals surface area contributed by atoms with Gasteiger partial charge in [-0.05, 0) is 41.5 Å². The number of benzene rings is 2. The van der Waals surface area contributed by atoms with Crippen LogP contribution in [0.2, 0.25) is 18.6 Å². The number of fused-ring (bicyclic) bond motifs is 1. The molecular formula is C26H34NSi+. The maximum absolute atomic E-state index is 2.60. The normalized spacial score (nSPS) is 16.6. The van der Waals surface area contributed by atoms with Crippen LogP contribution in [0.1, 0.15) is 50.2 Å². The van der Waals surface area contributed by atoms with Gasteiger partial charge in [0, 0.05) is 11.6 Å². The van der Waals surface area contributed by atoms with Gasteiger partial charge in [0.25, 0.3) is 0 Å². The van der Waals surface area contributed by atoms with Gasteiger partial charge in [-0.2, -0.15) is 0 Å². The van der Waals surface area contributed by atoms with E-state index in [-0.39, 0.29) is 0 Å². The van der Waals surface area contributed by atoms with E-state index in [1.165, 1.54) is 64.5 Å². The van der Waals surface area contributed by atoms with E-state index < -0.39 is 8.07 Å². The average molecular weight is 389 g/mol. The van der Waals surface area contributed by atoms with Crippen molar-refractivity contribution >= 4 is 24.0 Å². The lowest BCUT2D eigenvalue weighted by Crippen LogP contribution is -2.45. The molecule has 0 aliphatic carbocycles. The van der Waals surface area contributed by atoms with Crippen LogP contribution in [0.4, 0.5) is 0 Å². The molecule has 0 atom stereocenters. The van der Waals surface area contributed by atoms with Crippen molar-refractivity contribution in [3.05, 3.63) is 59.8 Å². The molecule has 1 aliphatic heterocycles. The van der Waals surface area contributed by atoms with Crippen molar-refractivity contribution in [2.75, 3.05) is 0 Å². The fraction of sp³-hybridized carbons (Fsp3) is 0.423. The highest BCUT2D eigenvalue weighted by atomic mass is 28.3. The number of aryl methyl sites for hydroxylation is 2. The van der Waals surface area contributed by atoms with Gasteiger partial charge >= 0.3 is 0 Å². The van der Waals surface area contributed by atoms with E-state index in [9.17, 15) is 0 Å². The third kappa shape index (κ3) is 3.43. The minimum atomic E-state index is -1.28. The Balaban J connectivity index is 1.88. The van der Waals surface area contributed by atoms with E-state index in [1.807, 2.05) is 0 Å². The van der Waals surface area contributed by atoms with Gasteiger partial charge in [0.2, 0.25) is 5.69 Å². The molecule has 0 N–H and O–H groups in total. The molecule has 0 amide bonds. The fourth-order valence-corrected chi connectivity index (χ4v) is 8.84. The van der Waals surface area contributed by atoms with Crippen LogP contribution in [0.15, 0.2) is 48.7 Å². The molecule has 1 fully saturated rings. The predicted molar refractivity (Wildman–Crippen MR) is 124 cm³/mol. The third-order valence-corrected chi connectivity index (χ3v) is 11.6. The van der Waals surface area contributed by atoms with Gasteiger partial charge in [0.05, 0.1) is 13.5 Å². The van der Waals surface area contributed by atoms with E-state index >= 15 is 0 Å². The van der Waals surface area contributed by atoms with Gasteiger partial charge in [0.15, 0.2) is 6.20 Å². The molecular weight excluding hydrogens is 354 g/mol. The van der Waals surface area contributed by atoms with Crippen LogP contribution in [0.25, 0.3) is 22.0 Å². The molecule has 2 aromatic carbocycles. The van der Waals surface area contributed by atoms with Crippen molar-refractivity contribution in [1.82, 2.24) is 0 Å². The number of nitrogens with zero attached hydrogens (tertiary/aromatic N) is 1. The number of aromatic nitrogens is 1. The lowest BCUT2D eigenvalue weighted by molar-refractivity contribution is -0.659. The van der Waals surface area contributed by atoms with Gasteiger partial charge in [-0.1, -0.05) is 81.2 Å². The number of hydrogen-bond donors (Lipinski definition) is 0. The zero-order valence-electron chi connectivity index (χ0n) is 18.2. The van der Waals surface area contributed by atoms with E-state index in [1.54, 1.807) is 5.19 Å². The van der Waals surface area contributed by atoms with Crippen LogP contribution in [-0.4, -0.2) is 8.07 Å². The van der Waals surface area contributed by atoms with E-state index in [4.69, 9.17) is 0 Å². The lowest BCUT2D eigenvalue weighted by atomic mass is 9.94. The summed E-state index contributed by atoms with van der Waals surface area (Å²) in [5.41, 5.74) is 5.48. The quantitative estimate of drug-likeness (QED) is 0.370. The van der Waals surface area contributed by atoms with Crippen LogP contribution in [0.5, 0.6) is 0 Å². The summed E-state index contributed by atoms with van der Waals surface area (Å²) < 4.78 is 2.30. The molecule has 0 unspecified atom stereocenters. The van der Waals surface area contributed by atoms with Crippen molar-refractivity contribution < 1.29 is 4.57 Å². The molecule has 146 valence electrons. The first-order valence-electron chi connectivity index (χ1n) is 10.9. The minimum Gasteiger partial charge on any atom is -0.200 e. The zero-order valence-corrected chi connectivity index (χ0v) is 19.2. The van der Waals surface area contributed by atoms with Crippen molar-refractivity contribution in [2.24, 2.45) is 7.05 Å². The highest BCUT2D eigenvalue weighted by Gasteiger charge is 2.31. The molecule has 1 saturated heterocycles. The summed E-state index contributed by atoms with van der Waals surface area (Å²) in [4.78, 5) is 0. The van der Waals surface area contributed by atoms with Crippen LogP contribution in [0.3, 0.4) is 0 Å². The molecule has 1 aliphatic rings. The Morgan fingerprint density at radius 2 is 1.68 bits per heavy atom. The molecule has 3 aromatic rings. The molecule has 0 spiro atoms. The molecule has 0 radical (unpaired) electrons. The topological polar surface area (TPSA) is 3.88 Å².